The van der Waals surface area contributed by atoms with Crippen LogP contribution in [0, 0.1) is 11.8 Å². The fourth-order valence-corrected chi connectivity index (χ4v) is 4.00. The monoisotopic (exact) mass is 303 g/mol. The minimum Gasteiger partial charge on any atom is -0.359 e. The van der Waals surface area contributed by atoms with Gasteiger partial charge in [0.2, 0.25) is 11.8 Å². The fourth-order valence-electron chi connectivity index (χ4n) is 3.88. The molecular formula is C16H14ClNO3. The number of anilines is 1. The Morgan fingerprint density at radius 2 is 1.48 bits per heavy atom. The van der Waals surface area contributed by atoms with Crippen molar-refractivity contribution in [3.63, 3.8) is 0 Å². The van der Waals surface area contributed by atoms with E-state index in [1.807, 2.05) is 26.0 Å². The first-order valence-electron chi connectivity index (χ1n) is 6.90. The molecule has 1 aromatic carbocycles. The van der Waals surface area contributed by atoms with Crippen molar-refractivity contribution >= 4 is 29.1 Å². The molecule has 4 nitrogen and oxygen atoms in total. The largest absolute Gasteiger partial charge is 0.359 e. The highest BCUT2D eigenvalue weighted by atomic mass is 35.5. The molecule has 3 aliphatic heterocycles. The molecule has 3 aliphatic rings. The molecule has 5 heteroatoms. The van der Waals surface area contributed by atoms with Crippen molar-refractivity contribution in [2.45, 2.75) is 25.0 Å². The molecule has 108 valence electrons. The first-order chi connectivity index (χ1) is 9.86. The zero-order valence-corrected chi connectivity index (χ0v) is 12.4. The van der Waals surface area contributed by atoms with E-state index in [0.29, 0.717) is 10.7 Å². The van der Waals surface area contributed by atoms with Gasteiger partial charge < -0.3 is 4.74 Å². The molecule has 0 unspecified atom stereocenters. The Bertz CT molecular complexity index is 662. The Kier molecular flexibility index (Phi) is 2.33. The number of halogens is 1. The topological polar surface area (TPSA) is 46.6 Å². The van der Waals surface area contributed by atoms with Crippen LogP contribution in [0.15, 0.2) is 36.4 Å². The lowest BCUT2D eigenvalue weighted by atomic mass is 9.73. The highest BCUT2D eigenvalue weighted by Gasteiger charge is 2.70. The van der Waals surface area contributed by atoms with Gasteiger partial charge in [-0.3, -0.25) is 9.59 Å². The zero-order chi connectivity index (χ0) is 15.0. The second-order valence-electron chi connectivity index (χ2n) is 6.25. The van der Waals surface area contributed by atoms with Gasteiger partial charge in [-0.25, -0.2) is 4.90 Å². The third-order valence-corrected chi connectivity index (χ3v) is 5.06. The summed E-state index contributed by atoms with van der Waals surface area (Å²) in [6.45, 7) is 3.74. The maximum absolute atomic E-state index is 12.8. The third-order valence-electron chi connectivity index (χ3n) is 4.81. The van der Waals surface area contributed by atoms with E-state index in [0.717, 1.165) is 0 Å². The Hall–Kier alpha value is -1.65. The predicted octanol–water partition coefficient (Wildman–Crippen LogP) is 2.56. The van der Waals surface area contributed by atoms with Crippen molar-refractivity contribution in [3.05, 3.63) is 41.4 Å². The number of hydrogen-bond acceptors (Lipinski definition) is 3. The molecule has 2 fully saturated rings. The van der Waals surface area contributed by atoms with Gasteiger partial charge in [-0.15, -0.1) is 0 Å². The standard InChI is InChI=1S/C16H14ClNO3/c1-15-7-8-16(2,21-15)12-11(15)13(19)18(14(12)20)10-5-3-9(17)4-6-10/h3-8,11-12H,1-2H3/t11-,12-,15+,16+/m1/s1. The second kappa shape index (κ2) is 3.76. The molecule has 2 amide bonds. The van der Waals surface area contributed by atoms with Gasteiger partial charge in [0.15, 0.2) is 0 Å². The molecule has 1 aromatic rings. The quantitative estimate of drug-likeness (QED) is 0.592. The van der Waals surface area contributed by atoms with E-state index in [-0.39, 0.29) is 11.8 Å². The molecule has 0 N–H and O–H groups in total. The van der Waals surface area contributed by atoms with Gasteiger partial charge in [-0.05, 0) is 38.1 Å². The highest BCUT2D eigenvalue weighted by Crippen LogP contribution is 2.57. The van der Waals surface area contributed by atoms with Gasteiger partial charge in [0.1, 0.15) is 0 Å². The number of hydrogen-bond donors (Lipinski definition) is 0. The SMILES string of the molecule is C[C@@]12C=C[C@](C)(O1)[C@H]1C(=O)N(c3ccc(Cl)cc3)C(=O)[C@@H]12. The van der Waals surface area contributed by atoms with E-state index in [1.54, 1.807) is 24.3 Å². The molecule has 4 rings (SSSR count). The highest BCUT2D eigenvalue weighted by molar-refractivity contribution is 6.31. The molecule has 0 aliphatic carbocycles. The van der Waals surface area contributed by atoms with Crippen LogP contribution in [0.5, 0.6) is 0 Å². The summed E-state index contributed by atoms with van der Waals surface area (Å²) in [4.78, 5) is 26.8. The van der Waals surface area contributed by atoms with Gasteiger partial charge >= 0.3 is 0 Å². The fraction of sp³-hybridized carbons (Fsp3) is 0.375. The van der Waals surface area contributed by atoms with Crippen LogP contribution in [0.1, 0.15) is 13.8 Å². The van der Waals surface area contributed by atoms with Crippen molar-refractivity contribution < 1.29 is 14.3 Å². The number of carbonyl (C=O) groups is 2. The number of imide groups is 1. The molecule has 0 radical (unpaired) electrons. The van der Waals surface area contributed by atoms with Gasteiger partial charge in [-0.2, -0.15) is 0 Å². The van der Waals surface area contributed by atoms with Gasteiger partial charge in [-0.1, -0.05) is 23.8 Å². The lowest BCUT2D eigenvalue weighted by Crippen LogP contribution is -2.39. The van der Waals surface area contributed by atoms with Crippen LogP contribution >= 0.6 is 11.6 Å². The molecule has 2 bridgehead atoms. The lowest BCUT2D eigenvalue weighted by molar-refractivity contribution is -0.128. The van der Waals surface area contributed by atoms with Crippen molar-refractivity contribution in [1.82, 2.24) is 0 Å². The lowest BCUT2D eigenvalue weighted by Gasteiger charge is -2.25. The average molecular weight is 304 g/mol. The summed E-state index contributed by atoms with van der Waals surface area (Å²) in [5, 5.41) is 0.571. The van der Waals surface area contributed by atoms with Crippen LogP contribution in [0.4, 0.5) is 5.69 Å². The van der Waals surface area contributed by atoms with Crippen LogP contribution in [-0.4, -0.2) is 23.0 Å². The number of carbonyl (C=O) groups excluding carboxylic acids is 2. The van der Waals surface area contributed by atoms with Crippen molar-refractivity contribution in [2.24, 2.45) is 11.8 Å². The van der Waals surface area contributed by atoms with E-state index in [2.05, 4.69) is 0 Å². The smallest absolute Gasteiger partial charge is 0.241 e. The summed E-state index contributed by atoms with van der Waals surface area (Å²) in [6, 6.07) is 6.75. The van der Waals surface area contributed by atoms with Crippen molar-refractivity contribution in [1.29, 1.82) is 0 Å². The zero-order valence-electron chi connectivity index (χ0n) is 11.7. The normalized spacial score (nSPS) is 40.2. The average Bonchev–Trinajstić information content (AvgIpc) is 2.97. The maximum Gasteiger partial charge on any atom is 0.241 e. The Morgan fingerprint density at radius 1 is 1.00 bits per heavy atom. The molecule has 4 atom stereocenters. The Balaban J connectivity index is 1.80. The number of fused-ring (bicyclic) bond motifs is 5. The van der Waals surface area contributed by atoms with Crippen LogP contribution in [0.25, 0.3) is 0 Å². The first kappa shape index (κ1) is 13.0. The second-order valence-corrected chi connectivity index (χ2v) is 6.68. The summed E-state index contributed by atoms with van der Waals surface area (Å²) >= 11 is 5.87. The summed E-state index contributed by atoms with van der Waals surface area (Å²) in [5.41, 5.74) is -0.809. The molecule has 3 heterocycles. The van der Waals surface area contributed by atoms with E-state index in [9.17, 15) is 9.59 Å². The number of nitrogens with zero attached hydrogens (tertiary/aromatic N) is 1. The summed E-state index contributed by atoms with van der Waals surface area (Å²) in [7, 11) is 0. The number of amides is 2. The molecule has 0 saturated carbocycles. The maximum atomic E-state index is 12.8. The van der Waals surface area contributed by atoms with Crippen LogP contribution in [-0.2, 0) is 14.3 Å². The number of rotatable bonds is 1. The first-order valence-corrected chi connectivity index (χ1v) is 7.27. The predicted molar refractivity (Wildman–Crippen MR) is 78.0 cm³/mol. The van der Waals surface area contributed by atoms with Crippen LogP contribution < -0.4 is 4.90 Å². The molecular weight excluding hydrogens is 290 g/mol. The van der Waals surface area contributed by atoms with Gasteiger partial charge in [0, 0.05) is 5.02 Å². The van der Waals surface area contributed by atoms with Crippen molar-refractivity contribution in [3.8, 4) is 0 Å². The minimum atomic E-state index is -0.687. The summed E-state index contributed by atoms with van der Waals surface area (Å²) in [5.74, 6) is -1.28. The number of benzene rings is 1. The van der Waals surface area contributed by atoms with Crippen molar-refractivity contribution in [2.75, 3.05) is 4.90 Å². The third kappa shape index (κ3) is 1.49. The van der Waals surface area contributed by atoms with E-state index < -0.39 is 23.0 Å². The Labute approximate surface area is 127 Å². The Morgan fingerprint density at radius 3 is 1.95 bits per heavy atom. The summed E-state index contributed by atoms with van der Waals surface area (Å²) in [6.07, 6.45) is 3.81. The van der Waals surface area contributed by atoms with E-state index in [4.69, 9.17) is 16.3 Å². The minimum absolute atomic E-state index is 0.192. The molecule has 21 heavy (non-hydrogen) atoms. The molecule has 0 spiro atoms. The van der Waals surface area contributed by atoms with Gasteiger partial charge in [0.05, 0.1) is 28.7 Å². The van der Waals surface area contributed by atoms with E-state index >= 15 is 0 Å². The van der Waals surface area contributed by atoms with Crippen LogP contribution in [0.2, 0.25) is 5.02 Å². The molecule has 0 aromatic heterocycles. The van der Waals surface area contributed by atoms with Crippen LogP contribution in [0.3, 0.4) is 0 Å². The number of ether oxygens (including phenoxy) is 1. The molecule has 2 saturated heterocycles. The summed E-state index contributed by atoms with van der Waals surface area (Å²) < 4.78 is 5.96. The van der Waals surface area contributed by atoms with E-state index in [1.165, 1.54) is 4.90 Å². The van der Waals surface area contributed by atoms with Gasteiger partial charge in [0.25, 0.3) is 0 Å².